The second-order valence-corrected chi connectivity index (χ2v) is 13.6. The molecular formula is C40H70. The van der Waals surface area contributed by atoms with E-state index in [1.54, 1.807) is 11.1 Å². The Morgan fingerprint density at radius 3 is 1.32 bits per heavy atom. The van der Waals surface area contributed by atoms with Gasteiger partial charge in [0.25, 0.3) is 0 Å². The van der Waals surface area contributed by atoms with Crippen LogP contribution in [0.5, 0.6) is 0 Å². The van der Waals surface area contributed by atoms with Crippen LogP contribution in [0.2, 0.25) is 0 Å². The first kappa shape index (κ1) is 38.4. The van der Waals surface area contributed by atoms with Crippen LogP contribution in [0.25, 0.3) is 0 Å². The van der Waals surface area contributed by atoms with E-state index in [9.17, 15) is 0 Å². The molecule has 0 bridgehead atoms. The van der Waals surface area contributed by atoms with Gasteiger partial charge in [-0.15, -0.1) is 0 Å². The highest BCUT2D eigenvalue weighted by Gasteiger charge is 2.05. The van der Waals surface area contributed by atoms with Crippen molar-refractivity contribution >= 4 is 0 Å². The zero-order valence-electron chi connectivity index (χ0n) is 28.9. The van der Waals surface area contributed by atoms with Crippen LogP contribution in [0, 0.1) is 17.8 Å². The van der Waals surface area contributed by atoms with Crippen LogP contribution in [0.3, 0.4) is 0 Å². The van der Waals surface area contributed by atoms with Crippen molar-refractivity contribution in [2.24, 2.45) is 17.8 Å². The molecule has 0 aromatic rings. The Kier molecular flexibility index (Phi) is 24.2. The quantitative estimate of drug-likeness (QED) is 0.111. The Labute approximate surface area is 253 Å². The van der Waals surface area contributed by atoms with Crippen molar-refractivity contribution in [2.75, 3.05) is 0 Å². The van der Waals surface area contributed by atoms with Crippen molar-refractivity contribution in [3.8, 4) is 0 Å². The average molecular weight is 551 g/mol. The first-order chi connectivity index (χ1) is 19.0. The fraction of sp³-hybridized carbons (Fsp3) is 0.700. The van der Waals surface area contributed by atoms with Crippen LogP contribution >= 0.6 is 0 Å². The highest BCUT2D eigenvalue weighted by molar-refractivity contribution is 5.06. The predicted octanol–water partition coefficient (Wildman–Crippen LogP) is 14.1. The van der Waals surface area contributed by atoms with E-state index in [1.807, 2.05) is 0 Å². The molecule has 0 aromatic heterocycles. The maximum absolute atomic E-state index is 2.48. The number of hydrogen-bond donors (Lipinski definition) is 0. The summed E-state index contributed by atoms with van der Waals surface area (Å²) in [5.41, 5.74) is 7.51. The molecular weight excluding hydrogens is 480 g/mol. The molecule has 3 unspecified atom stereocenters. The van der Waals surface area contributed by atoms with E-state index >= 15 is 0 Å². The Balaban J connectivity index is 3.95. The lowest BCUT2D eigenvalue weighted by Crippen LogP contribution is -1.99. The topological polar surface area (TPSA) is 0 Å². The minimum absolute atomic E-state index is 0.683. The predicted molar refractivity (Wildman–Crippen MR) is 186 cm³/mol. The van der Waals surface area contributed by atoms with E-state index in [4.69, 9.17) is 0 Å². The van der Waals surface area contributed by atoms with Crippen molar-refractivity contribution in [1.82, 2.24) is 0 Å². The van der Waals surface area contributed by atoms with Crippen LogP contribution in [-0.2, 0) is 0 Å². The fourth-order valence-corrected chi connectivity index (χ4v) is 5.15. The Hall–Kier alpha value is -1.56. The molecule has 230 valence electrons. The summed E-state index contributed by atoms with van der Waals surface area (Å²) in [5, 5.41) is 0. The first-order valence-electron chi connectivity index (χ1n) is 16.9. The molecule has 3 atom stereocenters. The van der Waals surface area contributed by atoms with E-state index < -0.39 is 0 Å². The molecule has 0 rings (SSSR count). The molecule has 0 heteroatoms. The summed E-state index contributed by atoms with van der Waals surface area (Å²) >= 11 is 0. The van der Waals surface area contributed by atoms with Crippen LogP contribution in [-0.4, -0.2) is 0 Å². The molecule has 0 radical (unpaired) electrons. The lowest BCUT2D eigenvalue weighted by molar-refractivity contribution is 0.414. The largest absolute Gasteiger partial charge is 0.0883 e. The lowest BCUT2D eigenvalue weighted by Gasteiger charge is -2.13. The summed E-state index contributed by atoms with van der Waals surface area (Å²) in [5.74, 6) is 2.38. The van der Waals surface area contributed by atoms with Gasteiger partial charge in [-0.05, 0) is 143 Å². The highest BCUT2D eigenvalue weighted by Crippen LogP contribution is 2.21. The van der Waals surface area contributed by atoms with Gasteiger partial charge in [0.1, 0.15) is 0 Å². The third-order valence-electron chi connectivity index (χ3n) is 8.17. The van der Waals surface area contributed by atoms with Crippen LogP contribution in [0.15, 0.2) is 70.4 Å². The van der Waals surface area contributed by atoms with Crippen molar-refractivity contribution in [2.45, 2.75) is 166 Å². The van der Waals surface area contributed by atoms with E-state index in [1.165, 1.54) is 113 Å². The van der Waals surface area contributed by atoms with Gasteiger partial charge in [-0.3, -0.25) is 0 Å². The monoisotopic (exact) mass is 551 g/mol. The highest BCUT2D eigenvalue weighted by atomic mass is 14.1. The molecule has 0 saturated carbocycles. The van der Waals surface area contributed by atoms with Gasteiger partial charge in [-0.25, -0.2) is 0 Å². The standard InChI is InChI=1S/C40H70/c1-33(2)19-13-23-37(7)27-17-31-39(9)29-15-25-35(5)21-11-12-22-36(6)26-16-30-40(10)32-18-28-38(8)24-14-20-34(3)4/h11,19-21,27-29,35-36,40H,12-18,22-26,30-32H2,1-10H3/b21-11+,37-27+,38-28+,39-29+. The zero-order chi connectivity index (χ0) is 30.2. The smallest absolute Gasteiger partial charge is 0.0259 e. The average Bonchev–Trinajstić information content (AvgIpc) is 2.86. The second kappa shape index (κ2) is 25.2. The summed E-state index contributed by atoms with van der Waals surface area (Å²) < 4.78 is 0. The Bertz CT molecular complexity index is 801. The summed E-state index contributed by atoms with van der Waals surface area (Å²) in [4.78, 5) is 0. The van der Waals surface area contributed by atoms with E-state index in [-0.39, 0.29) is 0 Å². The SMILES string of the molecule is CC(C)=CCC/C(C)=C/CC/C(C)=C/CCC(C)/C=C/CCC(C)CCCC(C)CC/C=C(\C)CCC=C(C)C. The molecule has 0 nitrogen and oxygen atoms in total. The normalized spacial score (nSPS) is 15.3. The van der Waals surface area contributed by atoms with Crippen molar-refractivity contribution in [1.29, 1.82) is 0 Å². The number of allylic oxidation sites excluding steroid dienone is 12. The third-order valence-corrected chi connectivity index (χ3v) is 8.17. The van der Waals surface area contributed by atoms with Gasteiger partial charge in [-0.1, -0.05) is 110 Å². The summed E-state index contributed by atoms with van der Waals surface area (Å²) in [6, 6.07) is 0. The van der Waals surface area contributed by atoms with Crippen molar-refractivity contribution < 1.29 is 0 Å². The molecule has 0 spiro atoms. The molecule has 0 fully saturated rings. The first-order valence-corrected chi connectivity index (χ1v) is 16.9. The van der Waals surface area contributed by atoms with Gasteiger partial charge in [0.15, 0.2) is 0 Å². The lowest BCUT2D eigenvalue weighted by atomic mass is 9.93. The maximum Gasteiger partial charge on any atom is -0.0259 e. The van der Waals surface area contributed by atoms with Gasteiger partial charge in [0.05, 0.1) is 0 Å². The van der Waals surface area contributed by atoms with E-state index in [0.717, 1.165) is 11.8 Å². The summed E-state index contributed by atoms with van der Waals surface area (Å²) in [6.45, 7) is 22.9. The molecule has 0 N–H and O–H groups in total. The molecule has 0 heterocycles. The van der Waals surface area contributed by atoms with Gasteiger partial charge in [0.2, 0.25) is 0 Å². The van der Waals surface area contributed by atoms with Gasteiger partial charge in [-0.2, -0.15) is 0 Å². The Morgan fingerprint density at radius 2 is 0.850 bits per heavy atom. The van der Waals surface area contributed by atoms with Gasteiger partial charge in [0, 0.05) is 0 Å². The fourth-order valence-electron chi connectivity index (χ4n) is 5.15. The van der Waals surface area contributed by atoms with Crippen molar-refractivity contribution in [3.63, 3.8) is 0 Å². The van der Waals surface area contributed by atoms with Crippen LogP contribution in [0.1, 0.15) is 166 Å². The van der Waals surface area contributed by atoms with Gasteiger partial charge >= 0.3 is 0 Å². The summed E-state index contributed by atoms with van der Waals surface area (Å²) in [6.07, 6.45) is 36.0. The molecule has 40 heavy (non-hydrogen) atoms. The minimum atomic E-state index is 0.683. The molecule has 0 saturated heterocycles. The zero-order valence-corrected chi connectivity index (χ0v) is 28.9. The second-order valence-electron chi connectivity index (χ2n) is 13.6. The summed E-state index contributed by atoms with van der Waals surface area (Å²) in [7, 11) is 0. The number of rotatable bonds is 23. The van der Waals surface area contributed by atoms with Gasteiger partial charge < -0.3 is 0 Å². The molecule has 0 aliphatic carbocycles. The Morgan fingerprint density at radius 1 is 0.450 bits per heavy atom. The van der Waals surface area contributed by atoms with E-state index in [0.29, 0.717) is 5.92 Å². The van der Waals surface area contributed by atoms with Crippen molar-refractivity contribution in [3.05, 3.63) is 70.4 Å². The molecule has 0 aromatic carbocycles. The molecule has 0 aliphatic heterocycles. The van der Waals surface area contributed by atoms with Crippen LogP contribution in [0.4, 0.5) is 0 Å². The molecule has 0 aliphatic rings. The minimum Gasteiger partial charge on any atom is -0.0883 e. The molecule has 0 amide bonds. The number of hydrogen-bond acceptors (Lipinski definition) is 0. The maximum atomic E-state index is 2.48. The third kappa shape index (κ3) is 26.7. The van der Waals surface area contributed by atoms with Crippen LogP contribution < -0.4 is 0 Å². The van der Waals surface area contributed by atoms with E-state index in [2.05, 4.69) is 112 Å².